The van der Waals surface area contributed by atoms with Crippen LogP contribution in [-0.4, -0.2) is 16.8 Å². The summed E-state index contributed by atoms with van der Waals surface area (Å²) in [5.74, 6) is 2.65. The molecule has 1 aromatic heterocycles. The van der Waals surface area contributed by atoms with Crippen molar-refractivity contribution >= 4 is 23.3 Å². The molecule has 0 amide bonds. The Morgan fingerprint density at radius 3 is 2.46 bits per heavy atom. The second-order valence-electron chi connectivity index (χ2n) is 11.2. The fourth-order valence-corrected chi connectivity index (χ4v) is 5.76. The lowest BCUT2D eigenvalue weighted by Gasteiger charge is -2.24. The van der Waals surface area contributed by atoms with E-state index in [2.05, 4.69) is 26.8 Å². The topological polar surface area (TPSA) is 64.7 Å². The zero-order valence-corrected chi connectivity index (χ0v) is 24.2. The summed E-state index contributed by atoms with van der Waals surface area (Å²) >= 11 is 0. The maximum atomic E-state index is 9.58. The fourth-order valence-electron chi connectivity index (χ4n) is 5.76. The third-order valence-corrected chi connectivity index (χ3v) is 8.28. The lowest BCUT2D eigenvalue weighted by atomic mass is 9.83. The molecule has 0 saturated heterocycles. The molecular formula is C34H47NO4. The summed E-state index contributed by atoms with van der Waals surface area (Å²) < 4.78 is 12.3. The highest BCUT2D eigenvalue weighted by molar-refractivity contribution is 5.79. The number of ether oxygens (including phenoxy) is 1. The van der Waals surface area contributed by atoms with Crippen molar-refractivity contribution in [3.8, 4) is 5.75 Å². The van der Waals surface area contributed by atoms with Crippen LogP contribution in [0.15, 0.2) is 40.8 Å². The van der Waals surface area contributed by atoms with Crippen molar-refractivity contribution < 1.29 is 19.3 Å². The van der Waals surface area contributed by atoms with Crippen molar-refractivity contribution in [3.05, 3.63) is 59.0 Å². The molecule has 1 aliphatic carbocycles. The van der Waals surface area contributed by atoms with Gasteiger partial charge in [-0.1, -0.05) is 96.4 Å². The minimum Gasteiger partial charge on any atom is -0.493 e. The summed E-state index contributed by atoms with van der Waals surface area (Å²) in [7, 11) is 0. The van der Waals surface area contributed by atoms with Gasteiger partial charge in [0.15, 0.2) is 5.58 Å². The van der Waals surface area contributed by atoms with Crippen molar-refractivity contribution in [2.75, 3.05) is 6.61 Å². The molecule has 212 valence electrons. The van der Waals surface area contributed by atoms with Gasteiger partial charge in [0.2, 0.25) is 5.89 Å². The first-order valence-corrected chi connectivity index (χ1v) is 15.3. The molecule has 1 aliphatic rings. The van der Waals surface area contributed by atoms with E-state index in [0.717, 1.165) is 60.3 Å². The highest BCUT2D eigenvalue weighted by Crippen LogP contribution is 2.40. The van der Waals surface area contributed by atoms with Crippen LogP contribution in [0.2, 0.25) is 0 Å². The number of hydrogen-bond donors (Lipinski definition) is 1. The van der Waals surface area contributed by atoms with Crippen LogP contribution in [0.25, 0.3) is 23.3 Å². The van der Waals surface area contributed by atoms with Gasteiger partial charge in [-0.15, -0.1) is 0 Å². The molecule has 0 aliphatic heterocycles. The van der Waals surface area contributed by atoms with Crippen LogP contribution in [0.4, 0.5) is 0 Å². The SMILES string of the molecule is CCCCOc1cc2oc(C=Cc3ccc(C(CC(CC)CCCC)OO)cc3)nc2cc1C1CCCCC1. The molecule has 0 bridgehead atoms. The molecule has 2 atom stereocenters. The molecule has 1 heterocycles. The zero-order valence-electron chi connectivity index (χ0n) is 24.2. The normalized spacial score (nSPS) is 16.2. The van der Waals surface area contributed by atoms with E-state index in [0.29, 0.717) is 17.7 Å². The van der Waals surface area contributed by atoms with E-state index < -0.39 is 0 Å². The quantitative estimate of drug-likeness (QED) is 0.120. The Morgan fingerprint density at radius 2 is 1.77 bits per heavy atom. The monoisotopic (exact) mass is 533 g/mol. The first kappa shape index (κ1) is 29.4. The summed E-state index contributed by atoms with van der Waals surface area (Å²) in [6, 6.07) is 12.4. The third kappa shape index (κ3) is 8.18. The number of unbranched alkanes of at least 4 members (excludes halogenated alkanes) is 2. The predicted octanol–water partition coefficient (Wildman–Crippen LogP) is 10.4. The summed E-state index contributed by atoms with van der Waals surface area (Å²) in [5, 5.41) is 9.58. The van der Waals surface area contributed by atoms with E-state index in [1.807, 2.05) is 42.5 Å². The molecule has 0 radical (unpaired) electrons. The van der Waals surface area contributed by atoms with Crippen LogP contribution >= 0.6 is 0 Å². The van der Waals surface area contributed by atoms with E-state index >= 15 is 0 Å². The summed E-state index contributed by atoms with van der Waals surface area (Å²) in [5.41, 5.74) is 5.00. The number of nitrogens with zero attached hydrogens (tertiary/aromatic N) is 1. The second kappa shape index (κ2) is 15.2. The maximum Gasteiger partial charge on any atom is 0.220 e. The molecule has 4 rings (SSSR count). The lowest BCUT2D eigenvalue weighted by molar-refractivity contribution is -0.285. The average molecular weight is 534 g/mol. The molecule has 1 N–H and O–H groups in total. The van der Waals surface area contributed by atoms with Gasteiger partial charge in [-0.25, -0.2) is 9.87 Å². The van der Waals surface area contributed by atoms with Gasteiger partial charge in [0.25, 0.3) is 0 Å². The lowest BCUT2D eigenvalue weighted by Crippen LogP contribution is -2.09. The van der Waals surface area contributed by atoms with Gasteiger partial charge in [0.1, 0.15) is 17.4 Å². The minimum absolute atomic E-state index is 0.297. The highest BCUT2D eigenvalue weighted by Gasteiger charge is 2.22. The summed E-state index contributed by atoms with van der Waals surface area (Å²) in [6.45, 7) is 7.35. The number of rotatable bonds is 15. The van der Waals surface area contributed by atoms with Crippen LogP contribution < -0.4 is 4.74 Å². The summed E-state index contributed by atoms with van der Waals surface area (Å²) in [4.78, 5) is 9.68. The summed E-state index contributed by atoms with van der Waals surface area (Å²) in [6.07, 6.45) is 17.6. The third-order valence-electron chi connectivity index (χ3n) is 8.28. The molecule has 1 fully saturated rings. The Bertz CT molecular complexity index is 1160. The average Bonchev–Trinajstić information content (AvgIpc) is 3.38. The molecular weight excluding hydrogens is 486 g/mol. The number of hydrogen-bond acceptors (Lipinski definition) is 5. The maximum absolute atomic E-state index is 9.58. The number of oxazole rings is 1. The van der Waals surface area contributed by atoms with Gasteiger partial charge < -0.3 is 9.15 Å². The van der Waals surface area contributed by atoms with Gasteiger partial charge in [0, 0.05) is 12.1 Å². The van der Waals surface area contributed by atoms with E-state index in [9.17, 15) is 5.26 Å². The molecule has 1 saturated carbocycles. The molecule has 39 heavy (non-hydrogen) atoms. The van der Waals surface area contributed by atoms with E-state index in [1.165, 1.54) is 56.9 Å². The predicted molar refractivity (Wildman–Crippen MR) is 160 cm³/mol. The van der Waals surface area contributed by atoms with Crippen LogP contribution in [0.1, 0.15) is 132 Å². The Balaban J connectivity index is 1.47. The first-order chi connectivity index (χ1) is 19.1. The molecule has 5 heteroatoms. The van der Waals surface area contributed by atoms with Crippen LogP contribution in [0.5, 0.6) is 5.75 Å². The van der Waals surface area contributed by atoms with Gasteiger partial charge in [-0.05, 0) is 66.4 Å². The fraction of sp³-hybridized carbons (Fsp3) is 0.559. The standard InChI is InChI=1S/C34H47NO4/c1-4-7-12-25(6-3)22-31(39-36)28-18-15-26(16-19-28)17-20-34-35-30-23-29(27-13-10-9-11-14-27)32(24-33(30)38-34)37-21-8-5-2/h15-20,23-25,27,31,36H,4-14,21-22H2,1-3H3. The van der Waals surface area contributed by atoms with Crippen molar-refractivity contribution in [2.45, 2.75) is 110 Å². The Hall–Kier alpha value is -2.63. The van der Waals surface area contributed by atoms with Gasteiger partial charge in [-0.2, -0.15) is 0 Å². The largest absolute Gasteiger partial charge is 0.493 e. The van der Waals surface area contributed by atoms with Crippen molar-refractivity contribution in [3.63, 3.8) is 0 Å². The van der Waals surface area contributed by atoms with E-state index in [4.69, 9.17) is 19.0 Å². The molecule has 5 nitrogen and oxygen atoms in total. The molecule has 2 aromatic carbocycles. The first-order valence-electron chi connectivity index (χ1n) is 15.3. The minimum atomic E-state index is -0.297. The highest BCUT2D eigenvalue weighted by atomic mass is 17.1. The molecule has 2 unspecified atom stereocenters. The van der Waals surface area contributed by atoms with Crippen molar-refractivity contribution in [1.29, 1.82) is 0 Å². The Morgan fingerprint density at radius 1 is 1.00 bits per heavy atom. The van der Waals surface area contributed by atoms with Gasteiger partial charge in [-0.3, -0.25) is 5.26 Å². The Kier molecular flexibility index (Phi) is 11.5. The van der Waals surface area contributed by atoms with E-state index in [-0.39, 0.29) is 6.10 Å². The zero-order chi connectivity index (χ0) is 27.5. The molecule has 3 aromatic rings. The van der Waals surface area contributed by atoms with Crippen molar-refractivity contribution in [2.24, 2.45) is 5.92 Å². The van der Waals surface area contributed by atoms with Gasteiger partial charge in [0.05, 0.1) is 6.61 Å². The second-order valence-corrected chi connectivity index (χ2v) is 11.2. The number of fused-ring (bicyclic) bond motifs is 1. The van der Waals surface area contributed by atoms with Crippen LogP contribution in [0, 0.1) is 5.92 Å². The Labute approximate surface area is 234 Å². The van der Waals surface area contributed by atoms with Crippen molar-refractivity contribution in [1.82, 2.24) is 4.98 Å². The number of aromatic nitrogens is 1. The van der Waals surface area contributed by atoms with Crippen LogP contribution in [0.3, 0.4) is 0 Å². The van der Waals surface area contributed by atoms with Crippen LogP contribution in [-0.2, 0) is 4.89 Å². The number of benzene rings is 2. The molecule has 0 spiro atoms. The van der Waals surface area contributed by atoms with E-state index in [1.54, 1.807) is 0 Å². The smallest absolute Gasteiger partial charge is 0.220 e. The van der Waals surface area contributed by atoms with Gasteiger partial charge >= 0.3 is 0 Å².